The van der Waals surface area contributed by atoms with Crippen LogP contribution in [0.2, 0.25) is 0 Å². The number of benzene rings is 2. The summed E-state index contributed by atoms with van der Waals surface area (Å²) in [6.07, 6.45) is 0.277. The minimum atomic E-state index is -4.76. The summed E-state index contributed by atoms with van der Waals surface area (Å²) >= 11 is 0. The second kappa shape index (κ2) is 8.66. The van der Waals surface area contributed by atoms with Crippen LogP contribution in [0.4, 0.5) is 18.9 Å². The van der Waals surface area contributed by atoms with E-state index in [1.165, 1.54) is 6.07 Å². The second-order valence-electron chi connectivity index (χ2n) is 7.29. The minimum absolute atomic E-state index is 0.263. The normalized spacial score (nSPS) is 11.4. The van der Waals surface area contributed by atoms with E-state index in [4.69, 9.17) is 0 Å². The molecule has 8 heteroatoms. The topological polar surface area (TPSA) is 59.8 Å². The zero-order chi connectivity index (χ0) is 22.7. The van der Waals surface area contributed by atoms with E-state index in [0.29, 0.717) is 17.7 Å². The van der Waals surface area contributed by atoms with Gasteiger partial charge in [0.1, 0.15) is 0 Å². The lowest BCUT2D eigenvalue weighted by Crippen LogP contribution is -2.21. The first-order valence-electron chi connectivity index (χ1n) is 9.83. The van der Waals surface area contributed by atoms with Crippen LogP contribution in [0.1, 0.15) is 32.7 Å². The first-order valence-corrected chi connectivity index (χ1v) is 9.83. The molecule has 0 fully saturated rings. The number of anilines is 1. The van der Waals surface area contributed by atoms with Crippen LogP contribution in [0.25, 0.3) is 5.69 Å². The predicted molar refractivity (Wildman–Crippen MR) is 115 cm³/mol. The van der Waals surface area contributed by atoms with Crippen LogP contribution in [0.5, 0.6) is 0 Å². The Morgan fingerprint density at radius 1 is 0.969 bits per heavy atom. The van der Waals surface area contributed by atoms with Crippen LogP contribution >= 0.6 is 0 Å². The van der Waals surface area contributed by atoms with E-state index in [1.54, 1.807) is 49.6 Å². The highest BCUT2D eigenvalue weighted by molar-refractivity contribution is 6.05. The van der Waals surface area contributed by atoms with Crippen LogP contribution < -0.4 is 5.32 Å². The molecule has 162 valence electrons. The second-order valence-corrected chi connectivity index (χ2v) is 7.29. The van der Waals surface area contributed by atoms with Crippen molar-refractivity contribution in [3.05, 3.63) is 107 Å². The highest BCUT2D eigenvalue weighted by Crippen LogP contribution is 2.34. The quantitative estimate of drug-likeness (QED) is 0.453. The van der Waals surface area contributed by atoms with Gasteiger partial charge < -0.3 is 5.32 Å². The lowest BCUT2D eigenvalue weighted by molar-refractivity contribution is -0.143. The number of aryl methyl sites for hydroxylation is 1. The van der Waals surface area contributed by atoms with Gasteiger partial charge in [0.05, 0.1) is 17.4 Å². The summed E-state index contributed by atoms with van der Waals surface area (Å²) < 4.78 is 42.4. The third-order valence-electron chi connectivity index (χ3n) is 5.00. The largest absolute Gasteiger partial charge is 0.434 e. The third-order valence-corrected chi connectivity index (χ3v) is 5.00. The first kappa shape index (κ1) is 21.3. The summed E-state index contributed by atoms with van der Waals surface area (Å²) in [5, 5.41) is 6.41. The Morgan fingerprint density at radius 2 is 1.62 bits per heavy atom. The molecule has 0 aliphatic heterocycles. The standard InChI is InChI=1S/C24H19F3N4O/c1-16-4-2-3-5-21(16)31-22(24(25,26)27)20(15-29-31)23(32)30-19-8-6-17(7-9-19)14-18-10-12-28-13-11-18/h2-13,15H,14H2,1H3,(H,30,32). The number of alkyl halides is 3. The maximum Gasteiger partial charge on any atom is 0.434 e. The van der Waals surface area contributed by atoms with E-state index in [9.17, 15) is 18.0 Å². The van der Waals surface area contributed by atoms with Crippen LogP contribution in [0.15, 0.2) is 79.3 Å². The molecule has 0 saturated heterocycles. The SMILES string of the molecule is Cc1ccccc1-n1ncc(C(=O)Nc2ccc(Cc3ccncc3)cc2)c1C(F)(F)F. The maximum absolute atomic E-state index is 13.9. The Kier molecular flexibility index (Phi) is 5.77. The fourth-order valence-electron chi connectivity index (χ4n) is 3.41. The van der Waals surface area contributed by atoms with E-state index >= 15 is 0 Å². The number of halogens is 3. The first-order chi connectivity index (χ1) is 15.3. The van der Waals surface area contributed by atoms with Gasteiger partial charge >= 0.3 is 6.18 Å². The number of nitrogens with zero attached hydrogens (tertiary/aromatic N) is 3. The number of hydrogen-bond acceptors (Lipinski definition) is 3. The van der Waals surface area contributed by atoms with Gasteiger partial charge in [-0.2, -0.15) is 18.3 Å². The molecule has 1 N–H and O–H groups in total. The van der Waals surface area contributed by atoms with Gasteiger partial charge in [0.25, 0.3) is 5.91 Å². The van der Waals surface area contributed by atoms with Gasteiger partial charge in [-0.15, -0.1) is 0 Å². The predicted octanol–water partition coefficient (Wildman–Crippen LogP) is 5.44. The van der Waals surface area contributed by atoms with Crippen molar-refractivity contribution < 1.29 is 18.0 Å². The molecule has 5 nitrogen and oxygen atoms in total. The molecule has 4 rings (SSSR count). The van der Waals surface area contributed by atoms with Gasteiger partial charge in [0.15, 0.2) is 5.69 Å². The minimum Gasteiger partial charge on any atom is -0.322 e. The monoisotopic (exact) mass is 436 g/mol. The molecule has 0 unspecified atom stereocenters. The molecule has 0 bridgehead atoms. The number of para-hydroxylation sites is 1. The Morgan fingerprint density at radius 3 is 2.28 bits per heavy atom. The van der Waals surface area contributed by atoms with Gasteiger partial charge in [0, 0.05) is 18.1 Å². The van der Waals surface area contributed by atoms with Crippen molar-refractivity contribution in [1.82, 2.24) is 14.8 Å². The number of hydrogen-bond donors (Lipinski definition) is 1. The molecule has 2 aromatic carbocycles. The molecule has 0 spiro atoms. The summed E-state index contributed by atoms with van der Waals surface area (Å²) in [6, 6.07) is 17.3. The lowest BCUT2D eigenvalue weighted by Gasteiger charge is -2.14. The third kappa shape index (κ3) is 4.54. The van der Waals surface area contributed by atoms with Gasteiger partial charge in [-0.25, -0.2) is 4.68 Å². The Balaban J connectivity index is 1.58. The van der Waals surface area contributed by atoms with Crippen LogP contribution in [-0.2, 0) is 12.6 Å². The average molecular weight is 436 g/mol. The van der Waals surface area contributed by atoms with Crippen molar-refractivity contribution in [3.8, 4) is 5.69 Å². The molecule has 2 aromatic heterocycles. The van der Waals surface area contributed by atoms with Crippen molar-refractivity contribution in [3.63, 3.8) is 0 Å². The number of rotatable bonds is 5. The fourth-order valence-corrected chi connectivity index (χ4v) is 3.41. The Labute approximate surface area is 182 Å². The Bertz CT molecular complexity index is 1230. The molecule has 32 heavy (non-hydrogen) atoms. The van der Waals surface area contributed by atoms with Crippen molar-refractivity contribution in [1.29, 1.82) is 0 Å². The van der Waals surface area contributed by atoms with E-state index in [-0.39, 0.29) is 5.69 Å². The maximum atomic E-state index is 13.9. The highest BCUT2D eigenvalue weighted by atomic mass is 19.4. The van der Waals surface area contributed by atoms with Crippen LogP contribution in [0.3, 0.4) is 0 Å². The molecule has 0 radical (unpaired) electrons. The van der Waals surface area contributed by atoms with E-state index in [1.807, 2.05) is 24.3 Å². The number of aromatic nitrogens is 3. The average Bonchev–Trinajstić information content (AvgIpc) is 3.22. The van der Waals surface area contributed by atoms with Crippen molar-refractivity contribution in [2.24, 2.45) is 0 Å². The van der Waals surface area contributed by atoms with E-state index in [0.717, 1.165) is 22.0 Å². The van der Waals surface area contributed by atoms with Gasteiger partial charge in [-0.1, -0.05) is 30.3 Å². The van der Waals surface area contributed by atoms with E-state index < -0.39 is 23.3 Å². The van der Waals surface area contributed by atoms with Crippen LogP contribution in [0, 0.1) is 6.92 Å². The molecule has 0 aliphatic rings. The molecular formula is C24H19F3N4O. The van der Waals surface area contributed by atoms with Crippen molar-refractivity contribution in [2.45, 2.75) is 19.5 Å². The smallest absolute Gasteiger partial charge is 0.322 e. The summed E-state index contributed by atoms with van der Waals surface area (Å²) in [5.74, 6) is -0.876. The van der Waals surface area contributed by atoms with Crippen LogP contribution in [-0.4, -0.2) is 20.7 Å². The molecule has 2 heterocycles. The molecular weight excluding hydrogens is 417 g/mol. The molecule has 0 saturated carbocycles. The molecule has 1 amide bonds. The Hall–Kier alpha value is -3.94. The molecule has 0 aliphatic carbocycles. The number of carbonyl (C=O) groups is 1. The van der Waals surface area contributed by atoms with E-state index in [2.05, 4.69) is 15.4 Å². The highest BCUT2D eigenvalue weighted by Gasteiger charge is 2.40. The zero-order valence-electron chi connectivity index (χ0n) is 17.1. The molecule has 0 atom stereocenters. The molecule has 4 aromatic rings. The summed E-state index contributed by atoms with van der Waals surface area (Å²) in [5.41, 5.74) is 1.69. The van der Waals surface area contributed by atoms with Gasteiger partial charge in [0.2, 0.25) is 0 Å². The van der Waals surface area contributed by atoms with Gasteiger partial charge in [-0.3, -0.25) is 9.78 Å². The van der Waals surface area contributed by atoms with Crippen molar-refractivity contribution in [2.75, 3.05) is 5.32 Å². The number of carbonyl (C=O) groups excluding carboxylic acids is 1. The summed E-state index contributed by atoms with van der Waals surface area (Å²) in [4.78, 5) is 16.7. The zero-order valence-corrected chi connectivity index (χ0v) is 17.1. The number of nitrogens with one attached hydrogen (secondary N) is 1. The summed E-state index contributed by atoms with van der Waals surface area (Å²) in [7, 11) is 0. The number of pyridine rings is 1. The number of amides is 1. The van der Waals surface area contributed by atoms with Crippen molar-refractivity contribution >= 4 is 11.6 Å². The fraction of sp³-hybridized carbons (Fsp3) is 0.125. The van der Waals surface area contributed by atoms with Gasteiger partial charge in [-0.05, 0) is 60.4 Å². The lowest BCUT2D eigenvalue weighted by atomic mass is 10.1. The summed E-state index contributed by atoms with van der Waals surface area (Å²) in [6.45, 7) is 1.68.